The summed E-state index contributed by atoms with van der Waals surface area (Å²) < 4.78 is 13.8. The average molecular weight is 274 g/mol. The van der Waals surface area contributed by atoms with Crippen LogP contribution in [0.1, 0.15) is 5.69 Å². The maximum absolute atomic E-state index is 12.0. The highest BCUT2D eigenvalue weighted by atomic mass is 32.2. The molecule has 0 unspecified atom stereocenters. The number of rotatable bonds is 4. The van der Waals surface area contributed by atoms with Crippen molar-refractivity contribution in [3.8, 4) is 5.69 Å². The van der Waals surface area contributed by atoms with Gasteiger partial charge in [0.1, 0.15) is 5.52 Å². The van der Waals surface area contributed by atoms with Crippen LogP contribution in [0.25, 0.3) is 16.7 Å². The van der Waals surface area contributed by atoms with Crippen LogP contribution in [0.15, 0.2) is 42.6 Å². The first-order chi connectivity index (χ1) is 9.38. The molecule has 6 heteroatoms. The van der Waals surface area contributed by atoms with E-state index in [4.69, 9.17) is 0 Å². The standard InChI is InChI=1S/C13H11FN4S/c14-19-8-7-10-5-6-11(9-15-10)18-13-4-2-1-3-12(13)16-17-18/h1-6,9H,7-8H2. The van der Waals surface area contributed by atoms with Gasteiger partial charge in [-0.1, -0.05) is 17.3 Å². The van der Waals surface area contributed by atoms with Gasteiger partial charge >= 0.3 is 0 Å². The summed E-state index contributed by atoms with van der Waals surface area (Å²) in [5.74, 6) is 0.429. The van der Waals surface area contributed by atoms with E-state index in [0.29, 0.717) is 24.3 Å². The number of para-hydroxylation sites is 1. The minimum absolute atomic E-state index is 0.333. The van der Waals surface area contributed by atoms with Crippen molar-refractivity contribution in [3.63, 3.8) is 0 Å². The van der Waals surface area contributed by atoms with Crippen LogP contribution >= 0.6 is 12.1 Å². The number of halogens is 1. The molecule has 2 heterocycles. The summed E-state index contributed by atoms with van der Waals surface area (Å²) in [4.78, 5) is 4.31. The monoisotopic (exact) mass is 274 g/mol. The quantitative estimate of drug-likeness (QED) is 0.733. The summed E-state index contributed by atoms with van der Waals surface area (Å²) in [5, 5.41) is 8.22. The van der Waals surface area contributed by atoms with Crippen molar-refractivity contribution in [2.24, 2.45) is 0 Å². The van der Waals surface area contributed by atoms with Crippen molar-refractivity contribution < 1.29 is 3.89 Å². The van der Waals surface area contributed by atoms with E-state index in [1.807, 2.05) is 36.4 Å². The van der Waals surface area contributed by atoms with E-state index < -0.39 is 0 Å². The SMILES string of the molecule is FSCCc1ccc(-n2nnc3ccccc32)cn1. The molecule has 3 rings (SSSR count). The molecule has 96 valence electrons. The Morgan fingerprint density at radius 3 is 2.84 bits per heavy atom. The van der Waals surface area contributed by atoms with Crippen LogP contribution in [0.4, 0.5) is 3.89 Å². The van der Waals surface area contributed by atoms with Crippen molar-refractivity contribution in [1.29, 1.82) is 0 Å². The van der Waals surface area contributed by atoms with E-state index in [2.05, 4.69) is 15.3 Å². The van der Waals surface area contributed by atoms with E-state index in [9.17, 15) is 3.89 Å². The van der Waals surface area contributed by atoms with Crippen LogP contribution in [-0.2, 0) is 6.42 Å². The Hall–Kier alpha value is -1.95. The molecule has 4 nitrogen and oxygen atoms in total. The zero-order valence-corrected chi connectivity index (χ0v) is 10.8. The number of pyridine rings is 1. The second-order valence-electron chi connectivity index (χ2n) is 4.06. The van der Waals surface area contributed by atoms with Gasteiger partial charge in [0.2, 0.25) is 0 Å². The Morgan fingerprint density at radius 1 is 1.16 bits per heavy atom. The molecule has 1 aromatic carbocycles. The van der Waals surface area contributed by atoms with Crippen LogP contribution < -0.4 is 0 Å². The minimum Gasteiger partial charge on any atom is -0.259 e. The van der Waals surface area contributed by atoms with Gasteiger partial charge in [-0.3, -0.25) is 4.98 Å². The summed E-state index contributed by atoms with van der Waals surface area (Å²) >= 11 is 0.333. The van der Waals surface area contributed by atoms with Gasteiger partial charge in [-0.15, -0.1) is 5.10 Å². The minimum atomic E-state index is 0.333. The zero-order valence-electron chi connectivity index (χ0n) is 10.0. The molecule has 2 aromatic heterocycles. The fourth-order valence-electron chi connectivity index (χ4n) is 1.89. The second kappa shape index (κ2) is 5.36. The smallest absolute Gasteiger partial charge is 0.113 e. The number of fused-ring (bicyclic) bond motifs is 1. The van der Waals surface area contributed by atoms with E-state index in [-0.39, 0.29) is 0 Å². The number of benzene rings is 1. The molecule has 0 saturated carbocycles. The summed E-state index contributed by atoms with van der Waals surface area (Å²) in [6.07, 6.45) is 2.36. The lowest BCUT2D eigenvalue weighted by molar-refractivity contribution is 0.817. The highest BCUT2D eigenvalue weighted by Crippen LogP contribution is 2.15. The Morgan fingerprint density at radius 2 is 2.05 bits per heavy atom. The lowest BCUT2D eigenvalue weighted by atomic mass is 10.2. The third kappa shape index (κ3) is 2.44. The second-order valence-corrected chi connectivity index (χ2v) is 4.69. The molecule has 0 amide bonds. The lowest BCUT2D eigenvalue weighted by Crippen LogP contribution is -1.99. The van der Waals surface area contributed by atoms with Crippen LogP contribution in [0, 0.1) is 0 Å². The largest absolute Gasteiger partial charge is 0.259 e. The highest BCUT2D eigenvalue weighted by molar-refractivity contribution is 7.94. The molecule has 0 bridgehead atoms. The first-order valence-corrected chi connectivity index (χ1v) is 6.76. The number of hydrogen-bond donors (Lipinski definition) is 0. The molecule has 0 radical (unpaired) electrons. The van der Waals surface area contributed by atoms with Gasteiger partial charge in [0, 0.05) is 30.0 Å². The van der Waals surface area contributed by atoms with Crippen LogP contribution in [0.2, 0.25) is 0 Å². The molecule has 0 atom stereocenters. The van der Waals surface area contributed by atoms with E-state index in [1.165, 1.54) is 0 Å². The average Bonchev–Trinajstić information content (AvgIpc) is 2.90. The molecule has 3 aromatic rings. The Labute approximate surface area is 113 Å². The summed E-state index contributed by atoms with van der Waals surface area (Å²) in [6.45, 7) is 0. The molecule has 0 aliphatic rings. The van der Waals surface area contributed by atoms with Gasteiger partial charge < -0.3 is 0 Å². The van der Waals surface area contributed by atoms with Gasteiger partial charge in [0.25, 0.3) is 0 Å². The van der Waals surface area contributed by atoms with Gasteiger partial charge in [-0.2, -0.15) is 3.89 Å². The fraction of sp³-hybridized carbons (Fsp3) is 0.154. The van der Waals surface area contributed by atoms with E-state index in [0.717, 1.165) is 22.4 Å². The fourth-order valence-corrected chi connectivity index (χ4v) is 2.18. The number of nitrogens with zero attached hydrogens (tertiary/aromatic N) is 4. The normalized spacial score (nSPS) is 11.0. The van der Waals surface area contributed by atoms with Crippen molar-refractivity contribution in [3.05, 3.63) is 48.3 Å². The van der Waals surface area contributed by atoms with Crippen molar-refractivity contribution >= 4 is 23.2 Å². The van der Waals surface area contributed by atoms with E-state index in [1.54, 1.807) is 10.9 Å². The van der Waals surface area contributed by atoms with Crippen LogP contribution in [-0.4, -0.2) is 25.7 Å². The van der Waals surface area contributed by atoms with E-state index >= 15 is 0 Å². The maximum atomic E-state index is 12.0. The maximum Gasteiger partial charge on any atom is 0.113 e. The third-order valence-corrected chi connectivity index (χ3v) is 3.20. The molecule has 19 heavy (non-hydrogen) atoms. The summed E-state index contributed by atoms with van der Waals surface area (Å²) in [7, 11) is 0. The van der Waals surface area contributed by atoms with Crippen LogP contribution in [0.3, 0.4) is 0 Å². The molecule has 0 N–H and O–H groups in total. The molecule has 0 aliphatic heterocycles. The third-order valence-electron chi connectivity index (χ3n) is 2.84. The summed E-state index contributed by atoms with van der Waals surface area (Å²) in [6, 6.07) is 11.6. The van der Waals surface area contributed by atoms with Crippen molar-refractivity contribution in [2.45, 2.75) is 6.42 Å². The lowest BCUT2D eigenvalue weighted by Gasteiger charge is -2.03. The number of aryl methyl sites for hydroxylation is 1. The Balaban J connectivity index is 1.93. The predicted molar refractivity (Wildman–Crippen MR) is 73.9 cm³/mol. The van der Waals surface area contributed by atoms with Crippen LogP contribution in [0.5, 0.6) is 0 Å². The Kier molecular flexibility index (Phi) is 3.41. The molecule has 0 fully saturated rings. The van der Waals surface area contributed by atoms with Crippen molar-refractivity contribution in [1.82, 2.24) is 20.0 Å². The van der Waals surface area contributed by atoms with Crippen molar-refractivity contribution in [2.75, 3.05) is 5.75 Å². The molecular formula is C13H11FN4S. The van der Waals surface area contributed by atoms with Gasteiger partial charge in [-0.05, 0) is 24.3 Å². The number of aromatic nitrogens is 4. The predicted octanol–water partition coefficient (Wildman–Crippen LogP) is 2.98. The first kappa shape index (κ1) is 12.1. The topological polar surface area (TPSA) is 43.6 Å². The number of hydrogen-bond acceptors (Lipinski definition) is 4. The van der Waals surface area contributed by atoms with Gasteiger partial charge in [-0.25, -0.2) is 4.68 Å². The molecule has 0 spiro atoms. The van der Waals surface area contributed by atoms with Gasteiger partial charge in [0.05, 0.1) is 17.4 Å². The Bertz CT molecular complexity index is 680. The zero-order chi connectivity index (χ0) is 13.1. The molecule has 0 aliphatic carbocycles. The summed E-state index contributed by atoms with van der Waals surface area (Å²) in [5.41, 5.74) is 3.51. The van der Waals surface area contributed by atoms with Gasteiger partial charge in [0.15, 0.2) is 0 Å². The highest BCUT2D eigenvalue weighted by Gasteiger charge is 2.06. The molecule has 0 saturated heterocycles. The molecular weight excluding hydrogens is 263 g/mol. The first-order valence-electron chi connectivity index (χ1n) is 5.88.